The SMILES string of the molecule is C=CCCCN(C)C(=O)N1CCN(C(C)C(=O)O)CC1. The standard InChI is InChI=1S/C14H25N3O3/c1-4-5-6-7-15(3)14(20)17-10-8-16(9-11-17)12(2)13(18)19/h4,12H,1,5-11H2,2-3H3,(H,18,19). The highest BCUT2D eigenvalue weighted by Crippen LogP contribution is 2.09. The average Bonchev–Trinajstić information content (AvgIpc) is 2.46. The Morgan fingerprint density at radius 2 is 1.95 bits per heavy atom. The summed E-state index contributed by atoms with van der Waals surface area (Å²) in [6, 6.07) is -0.464. The molecule has 0 radical (unpaired) electrons. The fourth-order valence-corrected chi connectivity index (χ4v) is 2.27. The number of carbonyl (C=O) groups is 2. The van der Waals surface area contributed by atoms with Crippen LogP contribution in [-0.2, 0) is 4.79 Å². The van der Waals surface area contributed by atoms with Crippen LogP contribution in [-0.4, -0.2) is 77.6 Å². The molecule has 1 rings (SSSR count). The zero-order valence-corrected chi connectivity index (χ0v) is 12.4. The topological polar surface area (TPSA) is 64.1 Å². The summed E-state index contributed by atoms with van der Waals surface area (Å²) in [5.74, 6) is -0.814. The van der Waals surface area contributed by atoms with Crippen molar-refractivity contribution in [2.24, 2.45) is 0 Å². The Morgan fingerprint density at radius 3 is 2.45 bits per heavy atom. The summed E-state index contributed by atoms with van der Waals surface area (Å²) in [4.78, 5) is 28.5. The molecule has 6 heteroatoms. The van der Waals surface area contributed by atoms with Crippen LogP contribution in [0.4, 0.5) is 4.79 Å². The van der Waals surface area contributed by atoms with Crippen molar-refractivity contribution in [2.45, 2.75) is 25.8 Å². The summed E-state index contributed by atoms with van der Waals surface area (Å²) in [5.41, 5.74) is 0. The van der Waals surface area contributed by atoms with Crippen molar-refractivity contribution >= 4 is 12.0 Å². The third-order valence-electron chi connectivity index (χ3n) is 3.72. The van der Waals surface area contributed by atoms with Gasteiger partial charge in [-0.2, -0.15) is 0 Å². The van der Waals surface area contributed by atoms with Crippen LogP contribution in [0.5, 0.6) is 0 Å². The Hall–Kier alpha value is -1.56. The van der Waals surface area contributed by atoms with Crippen LogP contribution in [0.15, 0.2) is 12.7 Å². The van der Waals surface area contributed by atoms with Crippen LogP contribution in [0.2, 0.25) is 0 Å². The van der Waals surface area contributed by atoms with E-state index in [4.69, 9.17) is 5.11 Å². The molecule has 0 spiro atoms. The number of hydrogen-bond donors (Lipinski definition) is 1. The molecule has 1 N–H and O–H groups in total. The molecule has 0 aromatic heterocycles. The highest BCUT2D eigenvalue weighted by atomic mass is 16.4. The van der Waals surface area contributed by atoms with Gasteiger partial charge in [0.05, 0.1) is 0 Å². The van der Waals surface area contributed by atoms with Gasteiger partial charge in [0.2, 0.25) is 0 Å². The molecule has 114 valence electrons. The minimum Gasteiger partial charge on any atom is -0.480 e. The van der Waals surface area contributed by atoms with Gasteiger partial charge in [0, 0.05) is 39.8 Å². The van der Waals surface area contributed by atoms with Crippen molar-refractivity contribution in [1.82, 2.24) is 14.7 Å². The number of hydrogen-bond acceptors (Lipinski definition) is 3. The first kappa shape index (κ1) is 16.5. The van der Waals surface area contributed by atoms with Crippen molar-refractivity contribution < 1.29 is 14.7 Å². The second-order valence-corrected chi connectivity index (χ2v) is 5.17. The first-order chi connectivity index (χ1) is 9.47. The number of piperazine rings is 1. The predicted octanol–water partition coefficient (Wildman–Crippen LogP) is 1.10. The molecule has 0 aromatic carbocycles. The third kappa shape index (κ3) is 4.52. The molecule has 0 aliphatic carbocycles. The number of nitrogens with zero attached hydrogens (tertiary/aromatic N) is 3. The van der Waals surface area contributed by atoms with E-state index in [-0.39, 0.29) is 6.03 Å². The van der Waals surface area contributed by atoms with E-state index in [9.17, 15) is 9.59 Å². The van der Waals surface area contributed by atoms with Gasteiger partial charge in [-0.25, -0.2) is 4.79 Å². The molecule has 0 saturated carbocycles. The van der Waals surface area contributed by atoms with E-state index in [0.717, 1.165) is 19.4 Å². The number of carbonyl (C=O) groups excluding carboxylic acids is 1. The number of unbranched alkanes of at least 4 members (excludes halogenated alkanes) is 1. The van der Waals surface area contributed by atoms with Crippen molar-refractivity contribution in [3.05, 3.63) is 12.7 Å². The Balaban J connectivity index is 2.38. The summed E-state index contributed by atoms with van der Waals surface area (Å²) in [6.45, 7) is 8.46. The summed E-state index contributed by atoms with van der Waals surface area (Å²) >= 11 is 0. The number of carboxylic acids is 1. The Labute approximate surface area is 120 Å². The highest BCUT2D eigenvalue weighted by Gasteiger charge is 2.28. The number of aliphatic carboxylic acids is 1. The average molecular weight is 283 g/mol. The molecule has 1 atom stereocenters. The summed E-state index contributed by atoms with van der Waals surface area (Å²) in [5, 5.41) is 8.98. The van der Waals surface area contributed by atoms with Gasteiger partial charge < -0.3 is 14.9 Å². The Morgan fingerprint density at radius 1 is 1.35 bits per heavy atom. The minimum atomic E-state index is -0.814. The van der Waals surface area contributed by atoms with Crippen LogP contribution >= 0.6 is 0 Å². The molecule has 1 heterocycles. The molecular formula is C14H25N3O3. The molecule has 1 fully saturated rings. The zero-order valence-electron chi connectivity index (χ0n) is 12.4. The number of carboxylic acid groups (broad SMARTS) is 1. The van der Waals surface area contributed by atoms with E-state index in [1.807, 2.05) is 11.0 Å². The van der Waals surface area contributed by atoms with Crippen molar-refractivity contribution in [3.63, 3.8) is 0 Å². The Kier molecular flexibility index (Phi) is 6.51. The van der Waals surface area contributed by atoms with Gasteiger partial charge in [-0.1, -0.05) is 6.08 Å². The van der Waals surface area contributed by atoms with Gasteiger partial charge in [-0.05, 0) is 19.8 Å². The van der Waals surface area contributed by atoms with Crippen molar-refractivity contribution in [2.75, 3.05) is 39.8 Å². The first-order valence-electron chi connectivity index (χ1n) is 7.05. The fourth-order valence-electron chi connectivity index (χ4n) is 2.27. The predicted molar refractivity (Wildman–Crippen MR) is 77.7 cm³/mol. The maximum atomic E-state index is 12.2. The minimum absolute atomic E-state index is 0.0247. The lowest BCUT2D eigenvalue weighted by atomic mass is 10.2. The number of allylic oxidation sites excluding steroid dienone is 1. The third-order valence-corrected chi connectivity index (χ3v) is 3.72. The summed E-state index contributed by atoms with van der Waals surface area (Å²) in [6.07, 6.45) is 3.67. The van der Waals surface area contributed by atoms with E-state index >= 15 is 0 Å². The van der Waals surface area contributed by atoms with Gasteiger partial charge in [0.25, 0.3) is 0 Å². The van der Waals surface area contributed by atoms with Crippen LogP contribution in [0.3, 0.4) is 0 Å². The molecule has 1 saturated heterocycles. The fraction of sp³-hybridized carbons (Fsp3) is 0.714. The molecule has 1 aliphatic heterocycles. The van der Waals surface area contributed by atoms with E-state index in [1.165, 1.54) is 0 Å². The van der Waals surface area contributed by atoms with Crippen LogP contribution < -0.4 is 0 Å². The molecular weight excluding hydrogens is 258 g/mol. The first-order valence-corrected chi connectivity index (χ1v) is 7.05. The molecule has 20 heavy (non-hydrogen) atoms. The normalized spacial score (nSPS) is 17.6. The highest BCUT2D eigenvalue weighted by molar-refractivity contribution is 5.75. The lowest BCUT2D eigenvalue weighted by Gasteiger charge is -2.38. The van der Waals surface area contributed by atoms with Crippen LogP contribution in [0.1, 0.15) is 19.8 Å². The molecule has 0 aromatic rings. The zero-order chi connectivity index (χ0) is 15.1. The number of rotatable bonds is 6. The quantitative estimate of drug-likeness (QED) is 0.585. The van der Waals surface area contributed by atoms with Gasteiger partial charge in [-0.15, -0.1) is 6.58 Å². The van der Waals surface area contributed by atoms with E-state index in [1.54, 1.807) is 23.8 Å². The molecule has 2 amide bonds. The van der Waals surface area contributed by atoms with Crippen molar-refractivity contribution in [1.29, 1.82) is 0 Å². The van der Waals surface area contributed by atoms with Crippen molar-refractivity contribution in [3.8, 4) is 0 Å². The van der Waals surface area contributed by atoms with Crippen LogP contribution in [0, 0.1) is 0 Å². The molecule has 6 nitrogen and oxygen atoms in total. The monoisotopic (exact) mass is 283 g/mol. The van der Waals surface area contributed by atoms with Gasteiger partial charge >= 0.3 is 12.0 Å². The summed E-state index contributed by atoms with van der Waals surface area (Å²) in [7, 11) is 1.80. The van der Waals surface area contributed by atoms with Crippen LogP contribution in [0.25, 0.3) is 0 Å². The molecule has 1 aliphatic rings. The summed E-state index contributed by atoms with van der Waals surface area (Å²) < 4.78 is 0. The number of urea groups is 1. The van der Waals surface area contributed by atoms with Gasteiger partial charge in [0.15, 0.2) is 0 Å². The maximum Gasteiger partial charge on any atom is 0.320 e. The Bertz CT molecular complexity index is 352. The van der Waals surface area contributed by atoms with Gasteiger partial charge in [-0.3, -0.25) is 9.69 Å². The van der Waals surface area contributed by atoms with E-state index < -0.39 is 12.0 Å². The van der Waals surface area contributed by atoms with E-state index in [0.29, 0.717) is 26.2 Å². The maximum absolute atomic E-state index is 12.2. The molecule has 1 unspecified atom stereocenters. The lowest BCUT2D eigenvalue weighted by molar-refractivity contribution is -0.143. The van der Waals surface area contributed by atoms with E-state index in [2.05, 4.69) is 6.58 Å². The smallest absolute Gasteiger partial charge is 0.320 e. The van der Waals surface area contributed by atoms with Gasteiger partial charge in [0.1, 0.15) is 6.04 Å². The second-order valence-electron chi connectivity index (χ2n) is 5.17. The lowest BCUT2D eigenvalue weighted by Crippen LogP contribution is -2.55. The number of amides is 2. The second kappa shape index (κ2) is 7.89. The molecule has 0 bridgehead atoms. The largest absolute Gasteiger partial charge is 0.480 e.